The summed E-state index contributed by atoms with van der Waals surface area (Å²) in [6, 6.07) is 0.596. The molecular formula is C16H32N2O2. The summed E-state index contributed by atoms with van der Waals surface area (Å²) in [5.74, 6) is 1.53. The summed E-state index contributed by atoms with van der Waals surface area (Å²) in [4.78, 5) is 14.5. The first kappa shape index (κ1) is 17.4. The maximum absolute atomic E-state index is 12.1. The van der Waals surface area contributed by atoms with Crippen molar-refractivity contribution in [3.8, 4) is 0 Å². The van der Waals surface area contributed by atoms with Gasteiger partial charge in [0.15, 0.2) is 0 Å². The minimum absolute atomic E-state index is 0.175. The topological polar surface area (TPSA) is 41.6 Å². The minimum Gasteiger partial charge on any atom is -0.468 e. The van der Waals surface area contributed by atoms with E-state index in [0.717, 1.165) is 24.8 Å². The molecule has 1 aliphatic rings. The Morgan fingerprint density at radius 1 is 1.45 bits per heavy atom. The first-order valence-corrected chi connectivity index (χ1v) is 7.76. The van der Waals surface area contributed by atoms with E-state index >= 15 is 0 Å². The number of carbonyl (C=O) groups is 1. The van der Waals surface area contributed by atoms with Crippen molar-refractivity contribution in [1.29, 1.82) is 0 Å². The zero-order valence-electron chi connectivity index (χ0n) is 14.2. The summed E-state index contributed by atoms with van der Waals surface area (Å²) in [6.07, 6.45) is 2.10. The first-order valence-electron chi connectivity index (χ1n) is 7.76. The summed E-state index contributed by atoms with van der Waals surface area (Å²) in [7, 11) is 3.62. The van der Waals surface area contributed by atoms with Crippen LogP contribution >= 0.6 is 0 Å². The van der Waals surface area contributed by atoms with Gasteiger partial charge in [-0.1, -0.05) is 6.92 Å². The van der Waals surface area contributed by atoms with E-state index in [4.69, 9.17) is 4.74 Å². The highest BCUT2D eigenvalue weighted by atomic mass is 16.5. The van der Waals surface area contributed by atoms with Gasteiger partial charge in [-0.15, -0.1) is 0 Å². The van der Waals surface area contributed by atoms with Crippen molar-refractivity contribution in [2.45, 2.75) is 65.1 Å². The van der Waals surface area contributed by atoms with Gasteiger partial charge in [-0.25, -0.2) is 0 Å². The average molecular weight is 284 g/mol. The normalized spacial score (nSPS) is 26.4. The van der Waals surface area contributed by atoms with Crippen LogP contribution in [0.2, 0.25) is 0 Å². The molecule has 0 radical (unpaired) electrons. The summed E-state index contributed by atoms with van der Waals surface area (Å²) in [6.45, 7) is 11.7. The van der Waals surface area contributed by atoms with E-state index in [0.29, 0.717) is 6.04 Å². The summed E-state index contributed by atoms with van der Waals surface area (Å²) < 4.78 is 4.99. The quantitative estimate of drug-likeness (QED) is 0.694. The standard InChI is InChI=1S/C16H32N2O2/c1-11(2)17-16(5,15(19)20-7)9-13(4)18(6)10-14-8-12(14)3/h11-14,17H,8-10H2,1-7H3. The Morgan fingerprint density at radius 2 is 2.00 bits per heavy atom. The van der Waals surface area contributed by atoms with Gasteiger partial charge in [-0.2, -0.15) is 0 Å². The smallest absolute Gasteiger partial charge is 0.325 e. The Kier molecular flexibility index (Phi) is 6.02. The van der Waals surface area contributed by atoms with Gasteiger partial charge in [0.2, 0.25) is 0 Å². The molecule has 0 spiro atoms. The molecule has 0 aromatic rings. The molecule has 4 nitrogen and oxygen atoms in total. The second-order valence-corrected chi connectivity index (χ2v) is 7.09. The second kappa shape index (κ2) is 6.90. The van der Waals surface area contributed by atoms with Crippen LogP contribution in [0.5, 0.6) is 0 Å². The number of hydrogen-bond acceptors (Lipinski definition) is 4. The van der Waals surface area contributed by atoms with Crippen LogP contribution < -0.4 is 5.32 Å². The Labute approximate surface area is 124 Å². The van der Waals surface area contributed by atoms with Crippen molar-refractivity contribution in [3.05, 3.63) is 0 Å². The van der Waals surface area contributed by atoms with E-state index in [2.05, 4.69) is 45.0 Å². The highest BCUT2D eigenvalue weighted by Crippen LogP contribution is 2.38. The molecule has 0 aliphatic heterocycles. The minimum atomic E-state index is -0.619. The van der Waals surface area contributed by atoms with Crippen LogP contribution in [0.3, 0.4) is 0 Å². The summed E-state index contributed by atoms with van der Waals surface area (Å²) >= 11 is 0. The third-order valence-electron chi connectivity index (χ3n) is 4.50. The molecule has 0 aromatic heterocycles. The van der Waals surface area contributed by atoms with Gasteiger partial charge in [0.1, 0.15) is 5.54 Å². The molecule has 1 saturated carbocycles. The van der Waals surface area contributed by atoms with Crippen molar-refractivity contribution >= 4 is 5.97 Å². The van der Waals surface area contributed by atoms with Crippen molar-refractivity contribution in [1.82, 2.24) is 10.2 Å². The molecule has 4 heteroatoms. The molecule has 4 unspecified atom stereocenters. The predicted molar refractivity (Wildman–Crippen MR) is 82.7 cm³/mol. The van der Waals surface area contributed by atoms with Crippen LogP contribution in [0.15, 0.2) is 0 Å². The molecule has 0 saturated heterocycles. The van der Waals surface area contributed by atoms with Crippen molar-refractivity contribution in [2.24, 2.45) is 11.8 Å². The third-order valence-corrected chi connectivity index (χ3v) is 4.50. The number of ether oxygens (including phenoxy) is 1. The number of nitrogens with zero attached hydrogens (tertiary/aromatic N) is 1. The summed E-state index contributed by atoms with van der Waals surface area (Å²) in [5, 5.41) is 3.37. The van der Waals surface area contributed by atoms with Gasteiger partial charge in [0.05, 0.1) is 7.11 Å². The fourth-order valence-electron chi connectivity index (χ4n) is 3.01. The van der Waals surface area contributed by atoms with Crippen LogP contribution in [0.4, 0.5) is 0 Å². The fraction of sp³-hybridized carbons (Fsp3) is 0.938. The maximum Gasteiger partial charge on any atom is 0.325 e. The fourth-order valence-corrected chi connectivity index (χ4v) is 3.01. The molecule has 1 rings (SSSR count). The Bertz CT molecular complexity index is 332. The number of esters is 1. The van der Waals surface area contributed by atoms with Crippen LogP contribution in [0.25, 0.3) is 0 Å². The van der Waals surface area contributed by atoms with Gasteiger partial charge >= 0.3 is 5.97 Å². The lowest BCUT2D eigenvalue weighted by molar-refractivity contribution is -0.149. The van der Waals surface area contributed by atoms with Crippen molar-refractivity contribution in [3.63, 3.8) is 0 Å². The number of hydrogen-bond donors (Lipinski definition) is 1. The van der Waals surface area contributed by atoms with Crippen LogP contribution in [-0.2, 0) is 9.53 Å². The van der Waals surface area contributed by atoms with Gasteiger partial charge in [0, 0.05) is 18.6 Å². The largest absolute Gasteiger partial charge is 0.468 e. The van der Waals surface area contributed by atoms with E-state index in [-0.39, 0.29) is 12.0 Å². The monoisotopic (exact) mass is 284 g/mol. The molecule has 0 heterocycles. The highest BCUT2D eigenvalue weighted by Gasteiger charge is 2.39. The molecule has 0 bridgehead atoms. The number of rotatable bonds is 8. The molecule has 1 aliphatic carbocycles. The van der Waals surface area contributed by atoms with Crippen molar-refractivity contribution in [2.75, 3.05) is 20.7 Å². The average Bonchev–Trinajstić information content (AvgIpc) is 3.02. The molecule has 118 valence electrons. The molecule has 20 heavy (non-hydrogen) atoms. The number of nitrogens with one attached hydrogen (secondary N) is 1. The Hall–Kier alpha value is -0.610. The molecule has 1 N–H and O–H groups in total. The van der Waals surface area contributed by atoms with E-state index in [1.54, 1.807) is 0 Å². The third kappa shape index (κ3) is 4.74. The van der Waals surface area contributed by atoms with E-state index in [1.807, 2.05) is 6.92 Å². The van der Waals surface area contributed by atoms with Gasteiger partial charge in [-0.3, -0.25) is 10.1 Å². The zero-order chi connectivity index (χ0) is 15.5. The zero-order valence-corrected chi connectivity index (χ0v) is 14.2. The van der Waals surface area contributed by atoms with Gasteiger partial charge < -0.3 is 9.64 Å². The first-order chi connectivity index (χ1) is 9.19. The van der Waals surface area contributed by atoms with Crippen LogP contribution in [-0.4, -0.2) is 49.2 Å². The summed E-state index contributed by atoms with van der Waals surface area (Å²) in [5.41, 5.74) is -0.619. The lowest BCUT2D eigenvalue weighted by Crippen LogP contribution is -2.56. The number of methoxy groups -OCH3 is 1. The van der Waals surface area contributed by atoms with Gasteiger partial charge in [-0.05, 0) is 59.4 Å². The lowest BCUT2D eigenvalue weighted by atomic mass is 9.92. The molecule has 0 amide bonds. The van der Waals surface area contributed by atoms with Crippen LogP contribution in [0.1, 0.15) is 47.5 Å². The molecular weight excluding hydrogens is 252 g/mol. The highest BCUT2D eigenvalue weighted by molar-refractivity contribution is 5.80. The molecule has 0 aromatic carbocycles. The van der Waals surface area contributed by atoms with Crippen LogP contribution in [0, 0.1) is 11.8 Å². The van der Waals surface area contributed by atoms with E-state index < -0.39 is 5.54 Å². The molecule has 1 fully saturated rings. The Morgan fingerprint density at radius 3 is 2.40 bits per heavy atom. The maximum atomic E-state index is 12.1. The number of carbonyl (C=O) groups excluding carboxylic acids is 1. The Balaban J connectivity index is 2.60. The second-order valence-electron chi connectivity index (χ2n) is 7.09. The van der Waals surface area contributed by atoms with E-state index in [1.165, 1.54) is 13.5 Å². The van der Waals surface area contributed by atoms with Crippen molar-refractivity contribution < 1.29 is 9.53 Å². The van der Waals surface area contributed by atoms with E-state index in [9.17, 15) is 4.79 Å². The SMILES string of the molecule is COC(=O)C(C)(CC(C)N(C)CC1CC1C)NC(C)C. The molecule has 4 atom stereocenters. The predicted octanol–water partition coefficient (Wildman–Crippen LogP) is 2.28. The van der Waals surface area contributed by atoms with Gasteiger partial charge in [0.25, 0.3) is 0 Å². The lowest BCUT2D eigenvalue weighted by Gasteiger charge is -2.35.